The highest BCUT2D eigenvalue weighted by molar-refractivity contribution is 7.19. The lowest BCUT2D eigenvalue weighted by molar-refractivity contribution is 1.15. The quantitative estimate of drug-likeness (QED) is 0.758. The molecule has 0 aliphatic carbocycles. The minimum absolute atomic E-state index is 0.718. The standard InChI is InChI=1S/C15H14ClN3S/c1-3-17-15-13-9(2)5-4-6-10(13)18-14(19-15)11-7-8-12(16)20-11/h4-8H,3H2,1-2H3,(H,17,18,19). The summed E-state index contributed by atoms with van der Waals surface area (Å²) in [5.41, 5.74) is 2.13. The Morgan fingerprint density at radius 3 is 2.75 bits per heavy atom. The van der Waals surface area contributed by atoms with E-state index in [0.29, 0.717) is 0 Å². The number of aromatic nitrogens is 2. The topological polar surface area (TPSA) is 37.8 Å². The van der Waals surface area contributed by atoms with Crippen LogP contribution in [0.15, 0.2) is 30.3 Å². The van der Waals surface area contributed by atoms with E-state index in [0.717, 1.165) is 38.3 Å². The van der Waals surface area contributed by atoms with E-state index in [2.05, 4.69) is 35.2 Å². The fraction of sp³-hybridized carbons (Fsp3) is 0.200. The monoisotopic (exact) mass is 303 g/mol. The van der Waals surface area contributed by atoms with Crippen molar-refractivity contribution in [1.82, 2.24) is 9.97 Å². The van der Waals surface area contributed by atoms with Gasteiger partial charge in [-0.25, -0.2) is 9.97 Å². The first-order valence-electron chi connectivity index (χ1n) is 6.46. The molecule has 0 fully saturated rings. The summed E-state index contributed by atoms with van der Waals surface area (Å²) in [5.74, 6) is 1.60. The normalized spacial score (nSPS) is 10.9. The summed E-state index contributed by atoms with van der Waals surface area (Å²) in [6.07, 6.45) is 0. The molecule has 0 atom stereocenters. The van der Waals surface area contributed by atoms with Crippen molar-refractivity contribution in [3.05, 3.63) is 40.2 Å². The molecule has 1 N–H and O–H groups in total. The molecule has 20 heavy (non-hydrogen) atoms. The van der Waals surface area contributed by atoms with Gasteiger partial charge in [0.2, 0.25) is 0 Å². The van der Waals surface area contributed by atoms with Crippen LogP contribution in [0.3, 0.4) is 0 Å². The maximum atomic E-state index is 6.00. The number of fused-ring (bicyclic) bond motifs is 1. The summed E-state index contributed by atoms with van der Waals surface area (Å²) in [7, 11) is 0. The number of rotatable bonds is 3. The molecular formula is C15H14ClN3S. The van der Waals surface area contributed by atoms with Gasteiger partial charge < -0.3 is 5.32 Å². The third-order valence-corrected chi connectivity index (χ3v) is 4.30. The first-order valence-corrected chi connectivity index (χ1v) is 7.65. The Hall–Kier alpha value is -1.65. The van der Waals surface area contributed by atoms with Gasteiger partial charge in [-0.3, -0.25) is 0 Å². The third kappa shape index (κ3) is 2.37. The van der Waals surface area contributed by atoms with Crippen LogP contribution >= 0.6 is 22.9 Å². The first kappa shape index (κ1) is 13.3. The summed E-state index contributed by atoms with van der Waals surface area (Å²) >= 11 is 7.50. The highest BCUT2D eigenvalue weighted by Gasteiger charge is 2.12. The predicted octanol–water partition coefficient (Wildman–Crippen LogP) is 4.75. The number of hydrogen-bond acceptors (Lipinski definition) is 4. The van der Waals surface area contributed by atoms with Crippen molar-refractivity contribution in [3.63, 3.8) is 0 Å². The van der Waals surface area contributed by atoms with Crippen LogP contribution in [0.5, 0.6) is 0 Å². The van der Waals surface area contributed by atoms with Gasteiger partial charge in [0.1, 0.15) is 5.82 Å². The Morgan fingerprint density at radius 1 is 1.20 bits per heavy atom. The van der Waals surface area contributed by atoms with Crippen LogP contribution in [0, 0.1) is 6.92 Å². The molecule has 0 aliphatic heterocycles. The van der Waals surface area contributed by atoms with E-state index in [-0.39, 0.29) is 0 Å². The van der Waals surface area contributed by atoms with Crippen molar-refractivity contribution in [3.8, 4) is 10.7 Å². The number of hydrogen-bond donors (Lipinski definition) is 1. The van der Waals surface area contributed by atoms with E-state index in [4.69, 9.17) is 11.6 Å². The highest BCUT2D eigenvalue weighted by Crippen LogP contribution is 2.32. The number of nitrogens with zero attached hydrogens (tertiary/aromatic N) is 2. The number of nitrogens with one attached hydrogen (secondary N) is 1. The molecule has 2 heterocycles. The fourth-order valence-electron chi connectivity index (χ4n) is 2.19. The molecule has 0 bridgehead atoms. The van der Waals surface area contributed by atoms with E-state index < -0.39 is 0 Å². The molecule has 0 spiro atoms. The van der Waals surface area contributed by atoms with Gasteiger partial charge in [0.25, 0.3) is 0 Å². The maximum Gasteiger partial charge on any atom is 0.172 e. The molecule has 0 saturated carbocycles. The lowest BCUT2D eigenvalue weighted by Crippen LogP contribution is -2.03. The summed E-state index contributed by atoms with van der Waals surface area (Å²) in [6, 6.07) is 9.95. The number of halogens is 1. The molecule has 102 valence electrons. The summed E-state index contributed by atoms with van der Waals surface area (Å²) < 4.78 is 0.748. The molecule has 3 aromatic rings. The molecule has 0 radical (unpaired) electrons. The minimum atomic E-state index is 0.718. The van der Waals surface area contributed by atoms with Gasteiger partial charge in [-0.05, 0) is 37.6 Å². The molecule has 1 aromatic carbocycles. The molecule has 3 rings (SSSR count). The van der Waals surface area contributed by atoms with Crippen LogP contribution < -0.4 is 5.32 Å². The van der Waals surface area contributed by atoms with Crippen molar-refractivity contribution >= 4 is 39.7 Å². The molecular weight excluding hydrogens is 290 g/mol. The lowest BCUT2D eigenvalue weighted by Gasteiger charge is -2.10. The Labute approximate surface area is 126 Å². The zero-order chi connectivity index (χ0) is 14.1. The molecule has 0 saturated heterocycles. The zero-order valence-corrected chi connectivity index (χ0v) is 12.8. The largest absolute Gasteiger partial charge is 0.370 e. The van der Waals surface area contributed by atoms with Crippen LogP contribution in [-0.4, -0.2) is 16.5 Å². The van der Waals surface area contributed by atoms with Crippen molar-refractivity contribution in [2.45, 2.75) is 13.8 Å². The average molecular weight is 304 g/mol. The lowest BCUT2D eigenvalue weighted by atomic mass is 10.1. The molecule has 5 heteroatoms. The number of benzene rings is 1. The minimum Gasteiger partial charge on any atom is -0.370 e. The Kier molecular flexibility index (Phi) is 3.59. The van der Waals surface area contributed by atoms with Crippen LogP contribution in [0.2, 0.25) is 4.34 Å². The third-order valence-electron chi connectivity index (χ3n) is 3.07. The van der Waals surface area contributed by atoms with Gasteiger partial charge in [0.05, 0.1) is 14.7 Å². The van der Waals surface area contributed by atoms with Crippen molar-refractivity contribution in [1.29, 1.82) is 0 Å². The van der Waals surface area contributed by atoms with E-state index in [1.54, 1.807) is 0 Å². The van der Waals surface area contributed by atoms with Crippen molar-refractivity contribution in [2.24, 2.45) is 0 Å². The van der Waals surface area contributed by atoms with Crippen molar-refractivity contribution < 1.29 is 0 Å². The highest BCUT2D eigenvalue weighted by atomic mass is 35.5. The number of aryl methyl sites for hydroxylation is 1. The van der Waals surface area contributed by atoms with Gasteiger partial charge >= 0.3 is 0 Å². The maximum absolute atomic E-state index is 6.00. The van der Waals surface area contributed by atoms with E-state index >= 15 is 0 Å². The molecule has 0 unspecified atom stereocenters. The summed E-state index contributed by atoms with van der Waals surface area (Å²) in [5, 5.41) is 4.41. The first-order chi connectivity index (χ1) is 9.69. The van der Waals surface area contributed by atoms with Gasteiger partial charge in [-0.1, -0.05) is 23.7 Å². The fourth-order valence-corrected chi connectivity index (χ4v) is 3.17. The van der Waals surface area contributed by atoms with E-state index in [1.165, 1.54) is 16.9 Å². The second kappa shape index (κ2) is 5.38. The molecule has 0 aliphatic rings. The molecule has 2 aromatic heterocycles. The smallest absolute Gasteiger partial charge is 0.172 e. The second-order valence-electron chi connectivity index (χ2n) is 4.50. The molecule has 0 amide bonds. The van der Waals surface area contributed by atoms with Crippen LogP contribution in [0.25, 0.3) is 21.6 Å². The molecule has 3 nitrogen and oxygen atoms in total. The average Bonchev–Trinajstić information content (AvgIpc) is 2.85. The van der Waals surface area contributed by atoms with Gasteiger partial charge in [-0.2, -0.15) is 0 Å². The van der Waals surface area contributed by atoms with Crippen LogP contribution in [0.1, 0.15) is 12.5 Å². The number of thiophene rings is 1. The number of anilines is 1. The van der Waals surface area contributed by atoms with E-state index in [9.17, 15) is 0 Å². The second-order valence-corrected chi connectivity index (χ2v) is 6.21. The van der Waals surface area contributed by atoms with Crippen LogP contribution in [-0.2, 0) is 0 Å². The van der Waals surface area contributed by atoms with Crippen molar-refractivity contribution in [2.75, 3.05) is 11.9 Å². The summed E-state index contributed by atoms with van der Waals surface area (Å²) in [6.45, 7) is 4.97. The predicted molar refractivity (Wildman–Crippen MR) is 86.8 cm³/mol. The van der Waals surface area contributed by atoms with Gasteiger partial charge in [-0.15, -0.1) is 11.3 Å². The van der Waals surface area contributed by atoms with Crippen LogP contribution in [0.4, 0.5) is 5.82 Å². The SMILES string of the molecule is CCNc1nc(-c2ccc(Cl)s2)nc2cccc(C)c12. The Balaban J connectivity index is 2.25. The Bertz CT molecular complexity index is 767. The zero-order valence-electron chi connectivity index (χ0n) is 11.3. The summed E-state index contributed by atoms with van der Waals surface area (Å²) in [4.78, 5) is 10.3. The van der Waals surface area contributed by atoms with Gasteiger partial charge in [0, 0.05) is 11.9 Å². The van der Waals surface area contributed by atoms with Gasteiger partial charge in [0.15, 0.2) is 5.82 Å². The Morgan fingerprint density at radius 2 is 2.05 bits per heavy atom. The van der Waals surface area contributed by atoms with E-state index in [1.807, 2.05) is 24.3 Å².